The smallest absolute Gasteiger partial charge is 0.227 e. The molecule has 0 saturated carbocycles. The Morgan fingerprint density at radius 3 is 1.84 bits per heavy atom. The number of nitrogens with zero attached hydrogens (tertiary/aromatic N) is 2. The number of para-hydroxylation sites is 3. The molecule has 4 heteroatoms. The van der Waals surface area contributed by atoms with Gasteiger partial charge in [-0.15, -0.1) is 0 Å². The van der Waals surface area contributed by atoms with Crippen molar-refractivity contribution in [1.29, 1.82) is 0 Å². The number of hydrogen-bond acceptors (Lipinski definition) is 4. The van der Waals surface area contributed by atoms with Crippen LogP contribution in [0.5, 0.6) is 0 Å². The molecule has 2 aromatic heterocycles. The second kappa shape index (κ2) is 12.6. The van der Waals surface area contributed by atoms with E-state index in [4.69, 9.17) is 13.8 Å². The van der Waals surface area contributed by atoms with Gasteiger partial charge in [0, 0.05) is 44.3 Å². The average Bonchev–Trinajstić information content (AvgIpc) is 3.87. The van der Waals surface area contributed by atoms with Crippen molar-refractivity contribution in [2.24, 2.45) is 0 Å². The van der Waals surface area contributed by atoms with E-state index in [1.54, 1.807) is 0 Å². The van der Waals surface area contributed by atoms with Crippen molar-refractivity contribution in [3.8, 4) is 33.7 Å². The summed E-state index contributed by atoms with van der Waals surface area (Å²) in [5.74, 6) is 0.613. The van der Waals surface area contributed by atoms with Crippen LogP contribution in [0.2, 0.25) is 0 Å². The van der Waals surface area contributed by atoms with Gasteiger partial charge in [0.2, 0.25) is 5.89 Å². The van der Waals surface area contributed by atoms with Crippen molar-refractivity contribution in [2.45, 2.75) is 0 Å². The molecule has 0 bridgehead atoms. The maximum Gasteiger partial charge on any atom is 0.227 e. The van der Waals surface area contributed by atoms with Crippen LogP contribution in [-0.4, -0.2) is 4.98 Å². The van der Waals surface area contributed by atoms with E-state index in [-0.39, 0.29) is 0 Å². The number of hydrogen-bond donors (Lipinski definition) is 0. The van der Waals surface area contributed by atoms with Gasteiger partial charge in [-0.3, -0.25) is 0 Å². The minimum absolute atomic E-state index is 0.613. The highest BCUT2D eigenvalue weighted by Gasteiger charge is 2.20. The molecule has 11 rings (SSSR count). The summed E-state index contributed by atoms with van der Waals surface area (Å²) in [5, 5.41) is 6.70. The number of aromatic nitrogens is 1. The van der Waals surface area contributed by atoms with Gasteiger partial charge in [0.25, 0.3) is 0 Å². The van der Waals surface area contributed by atoms with Gasteiger partial charge in [-0.2, -0.15) is 0 Å². The molecule has 258 valence electrons. The predicted octanol–water partition coefficient (Wildman–Crippen LogP) is 14.5. The molecule has 0 atom stereocenters. The zero-order valence-electron chi connectivity index (χ0n) is 29.7. The number of fused-ring (bicyclic) bond motifs is 8. The topological polar surface area (TPSA) is 42.4 Å². The number of anilines is 3. The third-order valence-corrected chi connectivity index (χ3v) is 10.7. The van der Waals surface area contributed by atoms with E-state index in [9.17, 15) is 0 Å². The van der Waals surface area contributed by atoms with Crippen LogP contribution in [0.1, 0.15) is 0 Å². The van der Waals surface area contributed by atoms with E-state index in [2.05, 4.69) is 157 Å². The van der Waals surface area contributed by atoms with Gasteiger partial charge in [-0.1, -0.05) is 121 Å². The van der Waals surface area contributed by atoms with E-state index >= 15 is 0 Å². The Labute approximate surface area is 317 Å². The van der Waals surface area contributed by atoms with Crippen LogP contribution in [0.25, 0.3) is 88.3 Å². The molecule has 0 aliphatic rings. The van der Waals surface area contributed by atoms with E-state index in [1.165, 1.54) is 0 Å². The molecule has 2 heterocycles. The Morgan fingerprint density at radius 1 is 0.382 bits per heavy atom. The lowest BCUT2D eigenvalue weighted by atomic mass is 9.92. The molecule has 0 amide bonds. The quantitative estimate of drug-likeness (QED) is 0.162. The lowest BCUT2D eigenvalue weighted by molar-refractivity contribution is 0.620. The standard InChI is InChI=1S/C51H32N2O2/c1-4-13-33(14-5-1)44-31-36-25-28-39(32-45(36)48-42(44)29-30-47-49(48)52-51(55-47)35-15-6-2-7-16-35)53(37-17-8-3-9-18-37)38-26-23-34(24-27-38)40-20-12-21-43-41-19-10-11-22-46(41)54-50(40)43/h1-32H. The van der Waals surface area contributed by atoms with Gasteiger partial charge in [-0.05, 0) is 106 Å². The summed E-state index contributed by atoms with van der Waals surface area (Å²) in [6.07, 6.45) is 0. The van der Waals surface area contributed by atoms with Gasteiger partial charge in [0.1, 0.15) is 16.7 Å². The second-order valence-electron chi connectivity index (χ2n) is 13.9. The highest BCUT2D eigenvalue weighted by Crippen LogP contribution is 2.44. The third-order valence-electron chi connectivity index (χ3n) is 10.7. The monoisotopic (exact) mass is 704 g/mol. The summed E-state index contributed by atoms with van der Waals surface area (Å²) in [7, 11) is 0. The van der Waals surface area contributed by atoms with Crippen molar-refractivity contribution in [3.05, 3.63) is 194 Å². The maximum absolute atomic E-state index is 6.44. The maximum atomic E-state index is 6.44. The van der Waals surface area contributed by atoms with E-state index in [0.717, 1.165) is 99.5 Å². The Morgan fingerprint density at radius 2 is 1.04 bits per heavy atom. The molecular formula is C51H32N2O2. The van der Waals surface area contributed by atoms with Crippen LogP contribution in [0.3, 0.4) is 0 Å². The second-order valence-corrected chi connectivity index (χ2v) is 13.9. The minimum atomic E-state index is 0.613. The van der Waals surface area contributed by atoms with E-state index < -0.39 is 0 Å². The largest absolute Gasteiger partial charge is 0.455 e. The first-order valence-corrected chi connectivity index (χ1v) is 18.5. The number of benzene rings is 9. The molecular weight excluding hydrogens is 673 g/mol. The van der Waals surface area contributed by atoms with Gasteiger partial charge in [-0.25, -0.2) is 4.98 Å². The molecule has 11 aromatic rings. The molecule has 0 fully saturated rings. The fourth-order valence-electron chi connectivity index (χ4n) is 8.10. The molecule has 55 heavy (non-hydrogen) atoms. The molecule has 0 saturated heterocycles. The number of furan rings is 1. The van der Waals surface area contributed by atoms with Crippen LogP contribution in [0, 0.1) is 0 Å². The molecule has 4 nitrogen and oxygen atoms in total. The summed E-state index contributed by atoms with van der Waals surface area (Å²) in [6.45, 7) is 0. The Bertz CT molecular complexity index is 3180. The number of oxazole rings is 1. The van der Waals surface area contributed by atoms with Crippen molar-refractivity contribution < 1.29 is 8.83 Å². The zero-order chi connectivity index (χ0) is 36.3. The van der Waals surface area contributed by atoms with Crippen molar-refractivity contribution in [3.63, 3.8) is 0 Å². The molecule has 0 N–H and O–H groups in total. The average molecular weight is 705 g/mol. The number of rotatable bonds is 6. The van der Waals surface area contributed by atoms with Crippen LogP contribution < -0.4 is 4.90 Å². The zero-order valence-corrected chi connectivity index (χ0v) is 29.7. The normalized spacial score (nSPS) is 11.6. The van der Waals surface area contributed by atoms with Crippen molar-refractivity contribution in [2.75, 3.05) is 4.90 Å². The summed E-state index contributed by atoms with van der Waals surface area (Å²) in [5.41, 5.74) is 12.0. The van der Waals surface area contributed by atoms with E-state index in [0.29, 0.717) is 5.89 Å². The lowest BCUT2D eigenvalue weighted by Crippen LogP contribution is -2.09. The molecule has 0 aliphatic carbocycles. The summed E-state index contributed by atoms with van der Waals surface area (Å²) >= 11 is 0. The van der Waals surface area contributed by atoms with Crippen LogP contribution in [0.4, 0.5) is 17.1 Å². The SMILES string of the molecule is c1ccc(-c2nc3c(ccc4c(-c5ccccc5)cc5ccc(N(c6ccccc6)c6ccc(-c7cccc8c7oc7ccccc78)cc6)cc5c43)o2)cc1. The van der Waals surface area contributed by atoms with Crippen LogP contribution >= 0.6 is 0 Å². The van der Waals surface area contributed by atoms with Crippen LogP contribution in [0.15, 0.2) is 203 Å². The molecule has 0 aliphatic heterocycles. The van der Waals surface area contributed by atoms with E-state index in [1.807, 2.05) is 42.5 Å². The van der Waals surface area contributed by atoms with Crippen molar-refractivity contribution >= 4 is 71.6 Å². The highest BCUT2D eigenvalue weighted by molar-refractivity contribution is 6.23. The first kappa shape index (κ1) is 31.1. The first-order chi connectivity index (χ1) is 27.3. The summed E-state index contributed by atoms with van der Waals surface area (Å²) in [4.78, 5) is 7.49. The summed E-state index contributed by atoms with van der Waals surface area (Å²) in [6, 6.07) is 68.0. The molecule has 0 unspecified atom stereocenters. The summed E-state index contributed by atoms with van der Waals surface area (Å²) < 4.78 is 12.8. The van der Waals surface area contributed by atoms with Gasteiger partial charge in [0.05, 0.1) is 0 Å². The molecule has 9 aromatic carbocycles. The Balaban J connectivity index is 1.10. The van der Waals surface area contributed by atoms with Gasteiger partial charge >= 0.3 is 0 Å². The third kappa shape index (κ3) is 5.19. The Kier molecular flexibility index (Phi) is 7.14. The minimum Gasteiger partial charge on any atom is -0.455 e. The molecule has 0 radical (unpaired) electrons. The Hall–Kier alpha value is -7.43. The highest BCUT2D eigenvalue weighted by atomic mass is 16.3. The first-order valence-electron chi connectivity index (χ1n) is 18.5. The van der Waals surface area contributed by atoms with Gasteiger partial charge < -0.3 is 13.7 Å². The van der Waals surface area contributed by atoms with Gasteiger partial charge in [0.15, 0.2) is 5.58 Å². The fraction of sp³-hybridized carbons (Fsp3) is 0. The molecule has 0 spiro atoms. The van der Waals surface area contributed by atoms with Crippen LogP contribution in [-0.2, 0) is 0 Å². The lowest BCUT2D eigenvalue weighted by Gasteiger charge is -2.26. The van der Waals surface area contributed by atoms with Crippen molar-refractivity contribution in [1.82, 2.24) is 4.98 Å². The fourth-order valence-corrected chi connectivity index (χ4v) is 8.10. The predicted molar refractivity (Wildman–Crippen MR) is 227 cm³/mol.